The molecule has 4 nitrogen and oxygen atoms in total. The minimum atomic E-state index is -0.402. The van der Waals surface area contributed by atoms with Gasteiger partial charge in [-0.2, -0.15) is 0 Å². The van der Waals surface area contributed by atoms with E-state index in [-0.39, 0.29) is 0 Å². The summed E-state index contributed by atoms with van der Waals surface area (Å²) in [7, 11) is 2.21. The van der Waals surface area contributed by atoms with E-state index in [1.807, 2.05) is 12.1 Å². The molecule has 0 aromatic heterocycles. The summed E-state index contributed by atoms with van der Waals surface area (Å²) in [4.78, 5) is 6.53. The maximum atomic E-state index is 6.30. The molecule has 0 fully saturated rings. The second kappa shape index (κ2) is 11.2. The second-order valence-corrected chi connectivity index (χ2v) is 12.9. The highest BCUT2D eigenvalue weighted by Crippen LogP contribution is 2.46. The molecule has 0 N–H and O–H groups in total. The summed E-state index contributed by atoms with van der Waals surface area (Å²) in [5, 5.41) is 0. The van der Waals surface area contributed by atoms with E-state index in [1.54, 1.807) is 0 Å². The van der Waals surface area contributed by atoms with Crippen molar-refractivity contribution in [3.8, 4) is 16.9 Å². The highest BCUT2D eigenvalue weighted by atomic mass is 127. The molecule has 0 atom stereocenters. The molecule has 3 aromatic rings. The van der Waals surface area contributed by atoms with Gasteiger partial charge in [0.15, 0.2) is 5.75 Å². The van der Waals surface area contributed by atoms with Crippen molar-refractivity contribution in [2.75, 3.05) is 33.1 Å². The molecular formula is C30H32IN3OS2. The monoisotopic (exact) mass is 641 g/mol. The van der Waals surface area contributed by atoms with Crippen LogP contribution in [0.25, 0.3) is 11.1 Å². The lowest BCUT2D eigenvalue weighted by Gasteiger charge is -2.35. The van der Waals surface area contributed by atoms with Gasteiger partial charge in [-0.15, -0.1) is 25.3 Å². The van der Waals surface area contributed by atoms with Gasteiger partial charge in [-0.05, 0) is 67.3 Å². The zero-order valence-corrected chi connectivity index (χ0v) is 25.5. The molecule has 3 aromatic carbocycles. The van der Waals surface area contributed by atoms with E-state index in [0.29, 0.717) is 0 Å². The Labute approximate surface area is 241 Å². The number of para-hydroxylation sites is 1. The van der Waals surface area contributed by atoms with Crippen LogP contribution in [0.4, 0.5) is 17.1 Å². The van der Waals surface area contributed by atoms with Crippen LogP contribution in [-0.2, 0) is 0 Å². The quantitative estimate of drug-likeness (QED) is 0.160. The number of nitrogens with zero attached hydrogens (tertiary/aromatic N) is 3. The first-order valence-electron chi connectivity index (χ1n) is 12.6. The largest absolute Gasteiger partial charge is 0.437 e. The number of hydrogen-bond acceptors (Lipinski definition) is 6. The molecule has 0 unspecified atom stereocenters. The number of rotatable bonds is 6. The molecule has 0 aliphatic carbocycles. The minimum absolute atomic E-state index is 0.402. The third-order valence-electron chi connectivity index (χ3n) is 6.64. The van der Waals surface area contributed by atoms with E-state index in [2.05, 4.69) is 114 Å². The van der Waals surface area contributed by atoms with E-state index in [0.717, 1.165) is 46.6 Å². The highest BCUT2D eigenvalue weighted by Gasteiger charge is 2.28. The maximum Gasteiger partial charge on any atom is 0.200 e. The summed E-state index contributed by atoms with van der Waals surface area (Å²) in [6.07, 6.45) is 5.47. The van der Waals surface area contributed by atoms with E-state index in [4.69, 9.17) is 17.4 Å². The topological polar surface area (TPSA) is 19.0 Å². The van der Waals surface area contributed by atoms with Crippen LogP contribution in [0.15, 0.2) is 94.1 Å². The van der Waals surface area contributed by atoms with Gasteiger partial charge in [-0.3, -0.25) is 0 Å². The smallest absolute Gasteiger partial charge is 0.200 e. The van der Waals surface area contributed by atoms with Crippen LogP contribution < -0.4 is 17.6 Å². The van der Waals surface area contributed by atoms with Crippen molar-refractivity contribution in [1.29, 1.82) is 0 Å². The molecule has 0 bridgehead atoms. The number of hydrogen-bond donors (Lipinski definition) is 2. The minimum Gasteiger partial charge on any atom is -0.437 e. The van der Waals surface area contributed by atoms with Crippen molar-refractivity contribution in [3.05, 3.63) is 84.3 Å². The Balaban J connectivity index is 1.52. The maximum absolute atomic E-state index is 6.30. The summed E-state index contributed by atoms with van der Waals surface area (Å²) in [6, 6.07) is 21.1. The Morgan fingerprint density at radius 2 is 1.62 bits per heavy atom. The van der Waals surface area contributed by atoms with Crippen LogP contribution in [0.3, 0.4) is 0 Å². The van der Waals surface area contributed by atoms with Crippen LogP contribution in [0.1, 0.15) is 27.2 Å². The van der Waals surface area contributed by atoms with Crippen molar-refractivity contribution < 1.29 is 4.74 Å². The fourth-order valence-electron chi connectivity index (χ4n) is 4.75. The average molecular weight is 642 g/mol. The number of fused-ring (bicyclic) bond motifs is 2. The molecule has 0 radical (unpaired) electrons. The summed E-state index contributed by atoms with van der Waals surface area (Å²) in [5.41, 5.74) is 7.18. The van der Waals surface area contributed by atoms with Crippen molar-refractivity contribution >= 4 is 67.0 Å². The zero-order chi connectivity index (χ0) is 26.1. The Morgan fingerprint density at radius 3 is 2.32 bits per heavy atom. The van der Waals surface area contributed by atoms with Gasteiger partial charge in [0.25, 0.3) is 0 Å². The third kappa shape index (κ3) is 5.05. The Kier molecular flexibility index (Phi) is 7.93. The fourth-order valence-corrected chi connectivity index (χ4v) is 8.12. The van der Waals surface area contributed by atoms with Gasteiger partial charge < -0.3 is 17.6 Å². The molecule has 5 rings (SSSR count). The molecule has 0 saturated heterocycles. The summed E-state index contributed by atoms with van der Waals surface area (Å²) < 4.78 is 10.1. The third-order valence-corrected chi connectivity index (χ3v) is 9.97. The molecule has 7 heteroatoms. The van der Waals surface area contributed by atoms with Crippen molar-refractivity contribution in [2.45, 2.75) is 37.0 Å². The highest BCUT2D eigenvalue weighted by molar-refractivity contribution is 14.2. The van der Waals surface area contributed by atoms with Gasteiger partial charge >= 0.3 is 0 Å². The Bertz CT molecular complexity index is 1420. The van der Waals surface area contributed by atoms with Crippen molar-refractivity contribution in [2.24, 2.45) is 0 Å². The number of ether oxygens (including phenoxy) is 1. The van der Waals surface area contributed by atoms with E-state index in [9.17, 15) is 0 Å². The van der Waals surface area contributed by atoms with Gasteiger partial charge in [-0.1, -0.05) is 43.3 Å². The summed E-state index contributed by atoms with van der Waals surface area (Å²) in [6.45, 7) is 8.30. The van der Waals surface area contributed by atoms with Gasteiger partial charge in [-0.25, -0.2) is 0 Å². The molecule has 2 heterocycles. The number of halogens is 1. The number of anilines is 3. The molecule has 192 valence electrons. The first-order chi connectivity index (χ1) is 17.9. The lowest BCUT2D eigenvalue weighted by atomic mass is 10.0. The number of thiol groups is 2. The molecule has 0 amide bonds. The predicted molar refractivity (Wildman–Crippen MR) is 173 cm³/mol. The predicted octanol–water partition coefficient (Wildman–Crippen LogP) is 8.32. The van der Waals surface area contributed by atoms with E-state index < -0.39 is 21.0 Å². The lowest BCUT2D eigenvalue weighted by Crippen LogP contribution is -2.33. The Hall–Kier alpha value is -2.36. The van der Waals surface area contributed by atoms with Gasteiger partial charge in [0, 0.05) is 57.0 Å². The molecule has 0 spiro atoms. The van der Waals surface area contributed by atoms with Crippen LogP contribution in [0.5, 0.6) is 5.75 Å². The van der Waals surface area contributed by atoms with Crippen LogP contribution in [0, 0.1) is 0 Å². The lowest BCUT2D eigenvalue weighted by molar-refractivity contribution is 0.431. The number of likely N-dealkylation sites (N-methyl/N-ethyl adjacent to an activating group) is 1. The van der Waals surface area contributed by atoms with E-state index >= 15 is 0 Å². The fraction of sp³-hybridized carbons (Fsp3) is 0.233. The first-order valence-corrected chi connectivity index (χ1v) is 15.5. The molecule has 0 saturated carbocycles. The van der Waals surface area contributed by atoms with Crippen LogP contribution in [-0.4, -0.2) is 23.8 Å². The zero-order valence-electron chi connectivity index (χ0n) is 21.6. The first kappa shape index (κ1) is 26.3. The molecule has 2 aliphatic heterocycles. The summed E-state index contributed by atoms with van der Waals surface area (Å²) in [5.74, 6) is 1.70. The standard InChI is InChI=1S/C30H32IN3OS2/c1-5-20(17-28-33(6-2)23-14-11-15-25(36)30(23)35-28)16-27-31-32(4)24-18-22(21-12-9-8-10-13-21)19-26(37)29(24)34(27)7-3/h8-19,36-37H,5-7H2,1-4H3/b20-16+,28-17-. The summed E-state index contributed by atoms with van der Waals surface area (Å²) >= 11 is 9.20. The van der Waals surface area contributed by atoms with E-state index in [1.165, 1.54) is 31.7 Å². The number of allylic oxidation sites excluding steroid dienone is 2. The van der Waals surface area contributed by atoms with Crippen molar-refractivity contribution in [1.82, 2.24) is 0 Å². The SMILES string of the molecule is CCC(/C=C1\Oc2c(S)cccc2N1CC)=C\C1=IN(C)c2cc(-c3ccccc3)cc(S)c2N1CC. The molecular weight excluding hydrogens is 609 g/mol. The van der Waals surface area contributed by atoms with Gasteiger partial charge in [0.05, 0.1) is 20.7 Å². The van der Waals surface area contributed by atoms with Gasteiger partial charge in [0.1, 0.15) is 0 Å². The van der Waals surface area contributed by atoms with Crippen molar-refractivity contribution in [3.63, 3.8) is 0 Å². The Morgan fingerprint density at radius 1 is 0.865 bits per heavy atom. The molecule has 37 heavy (non-hydrogen) atoms. The van der Waals surface area contributed by atoms with Gasteiger partial charge in [0.2, 0.25) is 5.88 Å². The second-order valence-electron chi connectivity index (χ2n) is 8.88. The normalized spacial score (nSPS) is 16.3. The van der Waals surface area contributed by atoms with Crippen LogP contribution in [0.2, 0.25) is 0 Å². The molecule has 2 aliphatic rings. The number of benzene rings is 3. The average Bonchev–Trinajstić information content (AvgIpc) is 3.27. The van der Waals surface area contributed by atoms with Crippen LogP contribution >= 0.6 is 46.3 Å².